The van der Waals surface area contributed by atoms with Gasteiger partial charge < -0.3 is 9.84 Å². The molecule has 2 rings (SSSR count). The average molecular weight is 234 g/mol. The Morgan fingerprint density at radius 1 is 1.35 bits per heavy atom. The van der Waals surface area contributed by atoms with Crippen molar-refractivity contribution in [1.29, 1.82) is 0 Å². The summed E-state index contributed by atoms with van der Waals surface area (Å²) in [6.45, 7) is 4.94. The summed E-state index contributed by atoms with van der Waals surface area (Å²) in [5.74, 6) is 1.87. The maximum Gasteiger partial charge on any atom is 0.125 e. The number of para-hydroxylation sites is 1. The largest absolute Gasteiger partial charge is 0.493 e. The molecule has 1 fully saturated rings. The topological polar surface area (TPSA) is 29.5 Å². The number of ether oxygens (including phenoxy) is 1. The van der Waals surface area contributed by atoms with Crippen molar-refractivity contribution in [3.05, 3.63) is 29.8 Å². The van der Waals surface area contributed by atoms with Gasteiger partial charge in [-0.25, -0.2) is 0 Å². The van der Waals surface area contributed by atoms with E-state index < -0.39 is 6.10 Å². The molecule has 2 heteroatoms. The summed E-state index contributed by atoms with van der Waals surface area (Å²) in [7, 11) is 0. The number of hydrogen-bond donors (Lipinski definition) is 1. The van der Waals surface area contributed by atoms with E-state index in [1.54, 1.807) is 0 Å². The van der Waals surface area contributed by atoms with Gasteiger partial charge in [0.25, 0.3) is 0 Å². The molecule has 94 valence electrons. The third kappa shape index (κ3) is 3.01. The van der Waals surface area contributed by atoms with Crippen molar-refractivity contribution in [2.75, 3.05) is 6.61 Å². The van der Waals surface area contributed by atoms with Crippen LogP contribution in [0.25, 0.3) is 0 Å². The van der Waals surface area contributed by atoms with Gasteiger partial charge in [0, 0.05) is 5.56 Å². The molecule has 1 N–H and O–H groups in total. The molecule has 0 heterocycles. The Bertz CT molecular complexity index is 358. The molecule has 0 aromatic heterocycles. The molecule has 0 aliphatic heterocycles. The minimum atomic E-state index is -0.393. The van der Waals surface area contributed by atoms with Crippen molar-refractivity contribution in [2.24, 2.45) is 11.8 Å². The van der Waals surface area contributed by atoms with Gasteiger partial charge in [-0.1, -0.05) is 32.0 Å². The summed E-state index contributed by atoms with van der Waals surface area (Å²) in [4.78, 5) is 0. The first-order valence-corrected chi connectivity index (χ1v) is 6.63. The second kappa shape index (κ2) is 5.54. The van der Waals surface area contributed by atoms with Crippen LogP contribution in [0.3, 0.4) is 0 Å². The highest BCUT2D eigenvalue weighted by Gasteiger charge is 2.34. The van der Waals surface area contributed by atoms with Gasteiger partial charge in [-0.3, -0.25) is 0 Å². The Hall–Kier alpha value is -1.02. The zero-order valence-electron chi connectivity index (χ0n) is 10.7. The van der Waals surface area contributed by atoms with Crippen LogP contribution in [0.4, 0.5) is 0 Å². The van der Waals surface area contributed by atoms with E-state index in [4.69, 9.17) is 4.74 Å². The van der Waals surface area contributed by atoms with Crippen molar-refractivity contribution in [1.82, 2.24) is 0 Å². The highest BCUT2D eigenvalue weighted by atomic mass is 16.5. The third-order valence-electron chi connectivity index (χ3n) is 3.56. The summed E-state index contributed by atoms with van der Waals surface area (Å²) in [6.07, 6.45) is 3.12. The number of benzene rings is 1. The Kier molecular flexibility index (Phi) is 4.06. The first-order chi connectivity index (χ1) is 8.24. The van der Waals surface area contributed by atoms with E-state index >= 15 is 0 Å². The predicted molar refractivity (Wildman–Crippen MR) is 69.1 cm³/mol. The summed E-state index contributed by atoms with van der Waals surface area (Å²) in [5, 5.41) is 10.4. The quantitative estimate of drug-likeness (QED) is 0.815. The van der Waals surface area contributed by atoms with Crippen molar-refractivity contribution < 1.29 is 9.84 Å². The van der Waals surface area contributed by atoms with Crippen LogP contribution in [0.5, 0.6) is 5.75 Å². The van der Waals surface area contributed by atoms with Crippen LogP contribution in [0.2, 0.25) is 0 Å². The molecular weight excluding hydrogens is 212 g/mol. The fourth-order valence-corrected chi connectivity index (χ4v) is 2.23. The highest BCUT2D eigenvalue weighted by Crippen LogP contribution is 2.44. The number of aliphatic hydroxyl groups excluding tert-OH is 1. The first-order valence-electron chi connectivity index (χ1n) is 6.63. The zero-order valence-corrected chi connectivity index (χ0v) is 10.7. The summed E-state index contributed by atoms with van der Waals surface area (Å²) in [6, 6.07) is 7.86. The lowest BCUT2D eigenvalue weighted by molar-refractivity contribution is 0.102. The smallest absolute Gasteiger partial charge is 0.125 e. The molecule has 2 nitrogen and oxygen atoms in total. The fraction of sp³-hybridized carbons (Fsp3) is 0.600. The Morgan fingerprint density at radius 3 is 2.71 bits per heavy atom. The second-order valence-corrected chi connectivity index (χ2v) is 5.03. The molecule has 2 atom stereocenters. The Labute approximate surface area is 104 Å². The molecule has 17 heavy (non-hydrogen) atoms. The molecule has 1 aromatic rings. The lowest BCUT2D eigenvalue weighted by atomic mass is 9.93. The standard InChI is InChI=1S/C15H22O2/c1-3-10-17-14-7-5-4-6-13(14)15(16)11(2)12-8-9-12/h4-7,11-12,15-16H,3,8-10H2,1-2H3. The van der Waals surface area contributed by atoms with Crippen LogP contribution in [0.15, 0.2) is 24.3 Å². The fourth-order valence-electron chi connectivity index (χ4n) is 2.23. The summed E-state index contributed by atoms with van der Waals surface area (Å²) < 4.78 is 5.70. The highest BCUT2D eigenvalue weighted by molar-refractivity contribution is 5.35. The first kappa shape index (κ1) is 12.4. The minimum absolute atomic E-state index is 0.335. The van der Waals surface area contributed by atoms with Crippen molar-refractivity contribution in [3.8, 4) is 5.75 Å². The molecule has 0 spiro atoms. The van der Waals surface area contributed by atoms with E-state index in [0.29, 0.717) is 18.4 Å². The maximum absolute atomic E-state index is 10.4. The molecule has 0 amide bonds. The van der Waals surface area contributed by atoms with Crippen LogP contribution in [0.1, 0.15) is 44.8 Å². The zero-order chi connectivity index (χ0) is 12.3. The second-order valence-electron chi connectivity index (χ2n) is 5.03. The van der Waals surface area contributed by atoms with Gasteiger partial charge >= 0.3 is 0 Å². The number of rotatable bonds is 6. The van der Waals surface area contributed by atoms with Gasteiger partial charge in [0.15, 0.2) is 0 Å². The van der Waals surface area contributed by atoms with E-state index in [1.165, 1.54) is 12.8 Å². The van der Waals surface area contributed by atoms with Gasteiger partial charge in [-0.2, -0.15) is 0 Å². The third-order valence-corrected chi connectivity index (χ3v) is 3.56. The maximum atomic E-state index is 10.4. The number of hydrogen-bond acceptors (Lipinski definition) is 2. The molecule has 0 saturated heterocycles. The van der Waals surface area contributed by atoms with Crippen LogP contribution in [-0.4, -0.2) is 11.7 Å². The van der Waals surface area contributed by atoms with E-state index in [2.05, 4.69) is 13.8 Å². The predicted octanol–water partition coefficient (Wildman–Crippen LogP) is 3.55. The lowest BCUT2D eigenvalue weighted by Gasteiger charge is -2.21. The van der Waals surface area contributed by atoms with E-state index in [-0.39, 0.29) is 0 Å². The monoisotopic (exact) mass is 234 g/mol. The van der Waals surface area contributed by atoms with Crippen LogP contribution < -0.4 is 4.74 Å². The molecule has 0 bridgehead atoms. The van der Waals surface area contributed by atoms with Crippen LogP contribution in [-0.2, 0) is 0 Å². The van der Waals surface area contributed by atoms with E-state index in [1.807, 2.05) is 24.3 Å². The lowest BCUT2D eigenvalue weighted by Crippen LogP contribution is -2.12. The van der Waals surface area contributed by atoms with Gasteiger partial charge in [0.2, 0.25) is 0 Å². The SMILES string of the molecule is CCCOc1ccccc1C(O)C(C)C1CC1. The van der Waals surface area contributed by atoms with Gasteiger partial charge in [-0.05, 0) is 37.2 Å². The molecule has 1 saturated carbocycles. The molecular formula is C15H22O2. The minimum Gasteiger partial charge on any atom is -0.493 e. The van der Waals surface area contributed by atoms with E-state index in [0.717, 1.165) is 17.7 Å². The van der Waals surface area contributed by atoms with E-state index in [9.17, 15) is 5.11 Å². The van der Waals surface area contributed by atoms with Gasteiger partial charge in [0.05, 0.1) is 12.7 Å². The Balaban J connectivity index is 2.11. The average Bonchev–Trinajstić information content (AvgIpc) is 3.19. The van der Waals surface area contributed by atoms with Crippen molar-refractivity contribution in [2.45, 2.75) is 39.2 Å². The summed E-state index contributed by atoms with van der Waals surface area (Å²) in [5.41, 5.74) is 0.945. The molecule has 1 aromatic carbocycles. The summed E-state index contributed by atoms with van der Waals surface area (Å²) >= 11 is 0. The molecule has 2 unspecified atom stereocenters. The van der Waals surface area contributed by atoms with Crippen molar-refractivity contribution in [3.63, 3.8) is 0 Å². The molecule has 1 aliphatic rings. The van der Waals surface area contributed by atoms with Gasteiger partial charge in [-0.15, -0.1) is 0 Å². The van der Waals surface area contributed by atoms with Crippen molar-refractivity contribution >= 4 is 0 Å². The Morgan fingerprint density at radius 2 is 2.06 bits per heavy atom. The normalized spacial score (nSPS) is 18.8. The molecule has 1 aliphatic carbocycles. The van der Waals surface area contributed by atoms with Crippen LogP contribution >= 0.6 is 0 Å². The number of aliphatic hydroxyl groups is 1. The van der Waals surface area contributed by atoms with Gasteiger partial charge in [0.1, 0.15) is 5.75 Å². The van der Waals surface area contributed by atoms with Crippen LogP contribution in [0, 0.1) is 11.8 Å². The molecule has 0 radical (unpaired) electrons.